The van der Waals surface area contributed by atoms with E-state index in [1.54, 1.807) is 48.5 Å². The minimum Gasteiger partial charge on any atom is -0.484 e. The predicted octanol–water partition coefficient (Wildman–Crippen LogP) is 2.16. The highest BCUT2D eigenvalue weighted by atomic mass is 16.5. The third-order valence-electron chi connectivity index (χ3n) is 4.54. The number of hydrogen-bond donors (Lipinski definition) is 1. The van der Waals surface area contributed by atoms with Crippen LogP contribution in [0.2, 0.25) is 0 Å². The Bertz CT molecular complexity index is 830. The zero-order valence-corrected chi connectivity index (χ0v) is 16.1. The molecule has 0 spiro atoms. The molecule has 1 saturated heterocycles. The average Bonchev–Trinajstić information content (AvgIpc) is 3.30. The highest BCUT2D eigenvalue weighted by Crippen LogP contribution is 2.14. The summed E-state index contributed by atoms with van der Waals surface area (Å²) in [5, 5.41) is 2.46. The second-order valence-corrected chi connectivity index (χ2v) is 6.74. The van der Waals surface area contributed by atoms with Crippen LogP contribution in [0, 0.1) is 0 Å². The molecule has 0 atom stereocenters. The van der Waals surface area contributed by atoms with Crippen LogP contribution in [-0.2, 0) is 20.9 Å². The summed E-state index contributed by atoms with van der Waals surface area (Å²) in [6, 6.07) is 16.0. The number of nitrogens with one attached hydrogen (secondary N) is 1. The van der Waals surface area contributed by atoms with Gasteiger partial charge < -0.3 is 19.7 Å². The number of benzene rings is 2. The van der Waals surface area contributed by atoms with Crippen molar-refractivity contribution in [2.45, 2.75) is 19.4 Å². The lowest BCUT2D eigenvalue weighted by molar-refractivity contribution is -0.145. The molecule has 0 radical (unpaired) electrons. The van der Waals surface area contributed by atoms with Crippen LogP contribution in [-0.4, -0.2) is 48.9 Å². The molecule has 2 aromatic carbocycles. The Morgan fingerprint density at radius 2 is 1.62 bits per heavy atom. The van der Waals surface area contributed by atoms with Crippen LogP contribution < -0.4 is 10.1 Å². The largest absolute Gasteiger partial charge is 0.484 e. The Morgan fingerprint density at radius 1 is 0.931 bits per heavy atom. The summed E-state index contributed by atoms with van der Waals surface area (Å²) in [4.78, 5) is 37.7. The van der Waals surface area contributed by atoms with Gasteiger partial charge in [0.15, 0.2) is 6.61 Å². The summed E-state index contributed by atoms with van der Waals surface area (Å²) in [5.74, 6) is -0.339. The second kappa shape index (κ2) is 10.3. The van der Waals surface area contributed by atoms with Crippen molar-refractivity contribution in [1.29, 1.82) is 0 Å². The van der Waals surface area contributed by atoms with Crippen molar-refractivity contribution in [1.82, 2.24) is 10.2 Å². The van der Waals surface area contributed by atoms with Crippen molar-refractivity contribution in [3.8, 4) is 5.75 Å². The van der Waals surface area contributed by atoms with E-state index in [2.05, 4.69) is 5.32 Å². The first kappa shape index (κ1) is 20.4. The minimum absolute atomic E-state index is 0.0338. The molecule has 1 heterocycles. The predicted molar refractivity (Wildman–Crippen MR) is 106 cm³/mol. The van der Waals surface area contributed by atoms with Crippen molar-refractivity contribution in [3.63, 3.8) is 0 Å². The van der Waals surface area contributed by atoms with Crippen LogP contribution in [0.15, 0.2) is 54.6 Å². The number of hydrogen-bond acceptors (Lipinski definition) is 5. The van der Waals surface area contributed by atoms with Crippen molar-refractivity contribution < 1.29 is 23.9 Å². The normalized spacial score (nSPS) is 13.0. The van der Waals surface area contributed by atoms with Gasteiger partial charge in [0.2, 0.25) is 0 Å². The van der Waals surface area contributed by atoms with Crippen LogP contribution in [0.1, 0.15) is 28.8 Å². The molecule has 0 saturated carbocycles. The number of carbonyl (C=O) groups is 3. The monoisotopic (exact) mass is 396 g/mol. The lowest BCUT2D eigenvalue weighted by Crippen LogP contribution is -2.34. The number of nitrogens with zero attached hydrogens (tertiary/aromatic N) is 1. The first-order chi connectivity index (χ1) is 14.1. The van der Waals surface area contributed by atoms with Gasteiger partial charge in [-0.05, 0) is 42.7 Å². The second-order valence-electron chi connectivity index (χ2n) is 6.74. The summed E-state index contributed by atoms with van der Waals surface area (Å²) >= 11 is 0. The van der Waals surface area contributed by atoms with Gasteiger partial charge in [0.1, 0.15) is 18.9 Å². The standard InChI is InChI=1S/C22H24N2O5/c25-20(16-28-19-6-2-1-3-7-19)23-14-21(26)29-15-17-8-10-18(11-9-17)22(27)24-12-4-5-13-24/h1-3,6-11H,4-5,12-16H2,(H,23,25). The van der Waals surface area contributed by atoms with E-state index in [9.17, 15) is 14.4 Å². The maximum Gasteiger partial charge on any atom is 0.325 e. The van der Waals surface area contributed by atoms with Crippen LogP contribution in [0.25, 0.3) is 0 Å². The van der Waals surface area contributed by atoms with Gasteiger partial charge in [-0.2, -0.15) is 0 Å². The van der Waals surface area contributed by atoms with Crippen molar-refractivity contribution in [2.75, 3.05) is 26.2 Å². The Morgan fingerprint density at radius 3 is 2.31 bits per heavy atom. The Balaban J connectivity index is 1.35. The third kappa shape index (κ3) is 6.34. The van der Waals surface area contributed by atoms with E-state index in [0.717, 1.165) is 31.5 Å². The fourth-order valence-corrected chi connectivity index (χ4v) is 2.95. The lowest BCUT2D eigenvalue weighted by atomic mass is 10.1. The molecule has 1 aliphatic heterocycles. The molecule has 0 aromatic heterocycles. The van der Waals surface area contributed by atoms with Crippen LogP contribution in [0.3, 0.4) is 0 Å². The lowest BCUT2D eigenvalue weighted by Gasteiger charge is -2.15. The van der Waals surface area contributed by atoms with Crippen molar-refractivity contribution >= 4 is 17.8 Å². The molecule has 7 nitrogen and oxygen atoms in total. The number of amides is 2. The molecule has 0 unspecified atom stereocenters. The van der Waals surface area contributed by atoms with Gasteiger partial charge in [0, 0.05) is 18.7 Å². The van der Waals surface area contributed by atoms with Gasteiger partial charge in [-0.15, -0.1) is 0 Å². The first-order valence-electron chi connectivity index (χ1n) is 9.60. The highest BCUT2D eigenvalue weighted by Gasteiger charge is 2.19. The SMILES string of the molecule is O=C(COc1ccccc1)NCC(=O)OCc1ccc(C(=O)N2CCCC2)cc1. The number of rotatable bonds is 8. The number of carbonyl (C=O) groups excluding carboxylic acids is 3. The molecule has 2 amide bonds. The Labute approximate surface area is 169 Å². The summed E-state index contributed by atoms with van der Waals surface area (Å²) in [5.41, 5.74) is 1.41. The van der Waals surface area contributed by atoms with E-state index in [4.69, 9.17) is 9.47 Å². The summed E-state index contributed by atoms with van der Waals surface area (Å²) < 4.78 is 10.5. The van der Waals surface area contributed by atoms with Gasteiger partial charge in [0.05, 0.1) is 0 Å². The molecule has 0 bridgehead atoms. The van der Waals surface area contributed by atoms with Gasteiger partial charge >= 0.3 is 5.97 Å². The van der Waals surface area contributed by atoms with Crippen molar-refractivity contribution in [3.05, 3.63) is 65.7 Å². The minimum atomic E-state index is -0.546. The number of para-hydroxylation sites is 1. The zero-order valence-electron chi connectivity index (χ0n) is 16.1. The fourth-order valence-electron chi connectivity index (χ4n) is 2.95. The molecule has 152 valence electrons. The van der Waals surface area contributed by atoms with E-state index >= 15 is 0 Å². The van der Waals surface area contributed by atoms with E-state index in [1.807, 2.05) is 11.0 Å². The quantitative estimate of drug-likeness (QED) is 0.691. The Kier molecular flexibility index (Phi) is 7.22. The molecule has 29 heavy (non-hydrogen) atoms. The average molecular weight is 396 g/mol. The molecular formula is C22H24N2O5. The molecule has 1 aliphatic rings. The number of likely N-dealkylation sites (tertiary alicyclic amines) is 1. The van der Waals surface area contributed by atoms with Crippen LogP contribution in [0.5, 0.6) is 5.75 Å². The molecule has 0 aliphatic carbocycles. The van der Waals surface area contributed by atoms with Gasteiger partial charge in [-0.3, -0.25) is 14.4 Å². The van der Waals surface area contributed by atoms with Crippen molar-refractivity contribution in [2.24, 2.45) is 0 Å². The molecule has 1 fully saturated rings. The van der Waals surface area contributed by atoms with E-state index < -0.39 is 11.9 Å². The third-order valence-corrected chi connectivity index (χ3v) is 4.54. The molecule has 1 N–H and O–H groups in total. The van der Waals surface area contributed by atoms with Gasteiger partial charge in [-0.25, -0.2) is 0 Å². The summed E-state index contributed by atoms with van der Waals surface area (Å²) in [6.45, 7) is 1.28. The van der Waals surface area contributed by atoms with Crippen LogP contribution >= 0.6 is 0 Å². The topological polar surface area (TPSA) is 84.9 Å². The van der Waals surface area contributed by atoms with E-state index in [-0.39, 0.29) is 25.7 Å². The Hall–Kier alpha value is -3.35. The molecule has 7 heteroatoms. The van der Waals surface area contributed by atoms with Gasteiger partial charge in [-0.1, -0.05) is 30.3 Å². The highest BCUT2D eigenvalue weighted by molar-refractivity contribution is 5.94. The summed E-state index contributed by atoms with van der Waals surface area (Å²) in [6.07, 6.45) is 2.10. The van der Waals surface area contributed by atoms with Gasteiger partial charge in [0.25, 0.3) is 11.8 Å². The zero-order chi connectivity index (χ0) is 20.5. The first-order valence-corrected chi connectivity index (χ1v) is 9.60. The van der Waals surface area contributed by atoms with Crippen LogP contribution in [0.4, 0.5) is 0 Å². The maximum absolute atomic E-state index is 12.3. The summed E-state index contributed by atoms with van der Waals surface area (Å²) in [7, 11) is 0. The number of esters is 1. The van der Waals surface area contributed by atoms with E-state index in [1.165, 1.54) is 0 Å². The fraction of sp³-hybridized carbons (Fsp3) is 0.318. The smallest absolute Gasteiger partial charge is 0.325 e. The number of ether oxygens (including phenoxy) is 2. The molecule has 2 aromatic rings. The molecule has 3 rings (SSSR count). The molecular weight excluding hydrogens is 372 g/mol. The van der Waals surface area contributed by atoms with E-state index in [0.29, 0.717) is 11.3 Å². The maximum atomic E-state index is 12.3.